The van der Waals surface area contributed by atoms with E-state index in [0.29, 0.717) is 4.73 Å². The molecule has 0 aliphatic heterocycles. The molecule has 1 heterocycles. The van der Waals surface area contributed by atoms with Gasteiger partial charge in [-0.15, -0.1) is 0 Å². The molecule has 0 saturated carbocycles. The van der Waals surface area contributed by atoms with Crippen LogP contribution in [0.3, 0.4) is 0 Å². The molecule has 9 heavy (non-hydrogen) atoms. The first-order valence-corrected chi connectivity index (χ1v) is 3.07. The quantitative estimate of drug-likeness (QED) is 0.497. The smallest absolute Gasteiger partial charge is 0.131 e. The molecule has 0 aliphatic rings. The van der Waals surface area contributed by atoms with Crippen LogP contribution in [0.5, 0.6) is 0 Å². The van der Waals surface area contributed by atoms with Gasteiger partial charge in [0.05, 0.1) is 0 Å². The summed E-state index contributed by atoms with van der Waals surface area (Å²) < 4.78 is 10.8. The molecular weight excluding hydrogens is 138 g/mol. The van der Waals surface area contributed by atoms with Crippen molar-refractivity contribution in [3.8, 4) is 0 Å². The second-order valence-electron chi connectivity index (χ2n) is 1.45. The van der Waals surface area contributed by atoms with Gasteiger partial charge in [-0.2, -0.15) is 0 Å². The van der Waals surface area contributed by atoms with E-state index in [1.807, 2.05) is 0 Å². The topological polar surface area (TPSA) is 45.1 Å². The zero-order valence-electron chi connectivity index (χ0n) is 4.48. The van der Waals surface area contributed by atoms with E-state index in [4.69, 9.17) is 0 Å². The zero-order chi connectivity index (χ0) is 6.69. The standard InChI is InChI=1S/C5H4NO2S/c7-6-4-2-1-3-5(6)9-8/h1-4H/q-1. The average molecular weight is 142 g/mol. The van der Waals surface area contributed by atoms with Gasteiger partial charge < -0.3 is 9.94 Å². The highest BCUT2D eigenvalue weighted by atomic mass is 32.1. The Bertz CT molecular complexity index is 287. The Hall–Kier alpha value is -1.03. The lowest BCUT2D eigenvalue weighted by atomic mass is 10.5. The Balaban J connectivity index is 3.52. The molecule has 0 amide bonds. The highest BCUT2D eigenvalue weighted by molar-refractivity contribution is 7.56. The molecule has 0 fully saturated rings. The summed E-state index contributed by atoms with van der Waals surface area (Å²) in [5.41, 5.74) is 0. The number of hydrogen-bond acceptors (Lipinski definition) is 2. The van der Waals surface area contributed by atoms with E-state index in [0.717, 1.165) is 0 Å². The normalized spacial score (nSPS) is 8.89. The number of rotatable bonds is 0. The summed E-state index contributed by atoms with van der Waals surface area (Å²) >= 11 is 0.196. The van der Waals surface area contributed by atoms with Crippen LogP contribution in [0, 0.1) is 9.85 Å². The molecule has 0 aromatic carbocycles. The molecule has 0 unspecified atom stereocenters. The van der Waals surface area contributed by atoms with Gasteiger partial charge in [-0.25, -0.2) is 4.21 Å². The second-order valence-corrected chi connectivity index (χ2v) is 2.03. The first kappa shape index (κ1) is 6.10. The van der Waals surface area contributed by atoms with Crippen LogP contribution in [-0.4, -0.2) is 8.94 Å². The predicted molar refractivity (Wildman–Crippen MR) is 34.6 cm³/mol. The molecular formula is C5H4NO2S-. The van der Waals surface area contributed by atoms with Gasteiger partial charge in [-0.05, 0) is 18.3 Å². The van der Waals surface area contributed by atoms with Gasteiger partial charge in [-0.1, -0.05) is 6.07 Å². The van der Waals surface area contributed by atoms with Crippen molar-refractivity contribution in [2.75, 3.05) is 0 Å². The van der Waals surface area contributed by atoms with Crippen molar-refractivity contribution in [3.63, 3.8) is 0 Å². The molecule has 0 atom stereocenters. The molecule has 0 N–H and O–H groups in total. The van der Waals surface area contributed by atoms with Crippen LogP contribution in [0.15, 0.2) is 24.4 Å². The second kappa shape index (κ2) is 2.50. The van der Waals surface area contributed by atoms with Crippen LogP contribution in [0.2, 0.25) is 0 Å². The van der Waals surface area contributed by atoms with Crippen LogP contribution >= 0.6 is 0 Å². The minimum atomic E-state index is 0.178. The SMILES string of the molecule is O=S=c1ccccn1[O-]. The molecule has 1 aromatic heterocycles. The molecule has 1 rings (SSSR count). The number of aromatic nitrogens is 1. The third-order valence-electron chi connectivity index (χ3n) is 0.874. The highest BCUT2D eigenvalue weighted by Crippen LogP contribution is 1.85. The van der Waals surface area contributed by atoms with Crippen LogP contribution in [0.1, 0.15) is 0 Å². The zero-order valence-corrected chi connectivity index (χ0v) is 5.30. The summed E-state index contributed by atoms with van der Waals surface area (Å²) in [5, 5.41) is 10.5. The lowest BCUT2D eigenvalue weighted by Crippen LogP contribution is -1.87. The fraction of sp³-hybridized carbons (Fsp3) is 0. The predicted octanol–water partition coefficient (Wildman–Crippen LogP) is 0.579. The van der Waals surface area contributed by atoms with E-state index in [1.165, 1.54) is 12.3 Å². The minimum absolute atomic E-state index is 0.178. The summed E-state index contributed by atoms with van der Waals surface area (Å²) in [7, 11) is 0. The van der Waals surface area contributed by atoms with Gasteiger partial charge in [0.2, 0.25) is 0 Å². The van der Waals surface area contributed by atoms with Crippen molar-refractivity contribution in [1.82, 2.24) is 4.73 Å². The van der Waals surface area contributed by atoms with Gasteiger partial charge >= 0.3 is 0 Å². The third-order valence-corrected chi connectivity index (χ3v) is 1.36. The molecule has 0 saturated heterocycles. The first-order valence-electron chi connectivity index (χ1n) is 2.32. The van der Waals surface area contributed by atoms with Crippen molar-refractivity contribution in [2.45, 2.75) is 0 Å². The largest absolute Gasteiger partial charge is 0.805 e. The van der Waals surface area contributed by atoms with Gasteiger partial charge in [0, 0.05) is 0 Å². The van der Waals surface area contributed by atoms with E-state index in [9.17, 15) is 9.42 Å². The Morgan fingerprint density at radius 1 is 1.56 bits per heavy atom. The summed E-state index contributed by atoms with van der Waals surface area (Å²) in [5.74, 6) is 0. The summed E-state index contributed by atoms with van der Waals surface area (Å²) in [6.45, 7) is 0. The average Bonchev–Trinajstić information content (AvgIpc) is 1.89. The molecule has 48 valence electrons. The Morgan fingerprint density at radius 3 is 2.78 bits per heavy atom. The van der Waals surface area contributed by atoms with Crippen molar-refractivity contribution in [2.24, 2.45) is 0 Å². The lowest BCUT2D eigenvalue weighted by molar-refractivity contribution is 0.698. The number of nitrogens with zero attached hydrogens (tertiary/aromatic N) is 1. The van der Waals surface area contributed by atoms with Crippen LogP contribution in [0.25, 0.3) is 0 Å². The van der Waals surface area contributed by atoms with Crippen LogP contribution in [0.4, 0.5) is 0 Å². The van der Waals surface area contributed by atoms with E-state index < -0.39 is 0 Å². The highest BCUT2D eigenvalue weighted by Gasteiger charge is 1.74. The first-order chi connectivity index (χ1) is 4.34. The maximum atomic E-state index is 10.5. The molecule has 0 aliphatic carbocycles. The van der Waals surface area contributed by atoms with Gasteiger partial charge in [0.25, 0.3) is 0 Å². The maximum Gasteiger partial charge on any atom is 0.131 e. The van der Waals surface area contributed by atoms with Crippen molar-refractivity contribution in [3.05, 3.63) is 34.2 Å². The molecule has 1 aromatic rings. The van der Waals surface area contributed by atoms with Crippen molar-refractivity contribution in [1.29, 1.82) is 0 Å². The third kappa shape index (κ3) is 1.20. The number of pyridine rings is 1. The summed E-state index contributed by atoms with van der Waals surface area (Å²) in [6.07, 6.45) is 1.29. The minimum Gasteiger partial charge on any atom is -0.805 e. The van der Waals surface area contributed by atoms with Gasteiger partial charge in [0.15, 0.2) is 0 Å². The summed E-state index contributed by atoms with van der Waals surface area (Å²) in [6, 6.07) is 4.70. The van der Waals surface area contributed by atoms with E-state index in [-0.39, 0.29) is 15.9 Å². The Morgan fingerprint density at radius 2 is 2.33 bits per heavy atom. The van der Waals surface area contributed by atoms with Crippen molar-refractivity contribution < 1.29 is 4.21 Å². The molecule has 0 radical (unpaired) electrons. The van der Waals surface area contributed by atoms with Gasteiger partial charge in [0.1, 0.15) is 15.9 Å². The Kier molecular flexibility index (Phi) is 1.69. The van der Waals surface area contributed by atoms with E-state index >= 15 is 0 Å². The maximum absolute atomic E-state index is 10.5. The lowest BCUT2D eigenvalue weighted by Gasteiger charge is -2.06. The molecule has 3 nitrogen and oxygen atoms in total. The Labute approximate surface area is 55.2 Å². The fourth-order valence-electron chi connectivity index (χ4n) is 0.477. The van der Waals surface area contributed by atoms with Crippen LogP contribution in [-0.2, 0) is 11.3 Å². The van der Waals surface area contributed by atoms with Crippen LogP contribution < -0.4 is 0 Å². The number of hydrogen-bond donors (Lipinski definition) is 0. The van der Waals surface area contributed by atoms with E-state index in [1.54, 1.807) is 12.1 Å². The summed E-state index contributed by atoms with van der Waals surface area (Å²) in [4.78, 5) is 0. The molecule has 0 spiro atoms. The van der Waals surface area contributed by atoms with E-state index in [2.05, 4.69) is 0 Å². The molecule has 4 heteroatoms. The monoisotopic (exact) mass is 142 g/mol. The van der Waals surface area contributed by atoms with Gasteiger partial charge in [-0.3, -0.25) is 0 Å². The van der Waals surface area contributed by atoms with Crippen molar-refractivity contribution >= 4 is 11.3 Å². The molecule has 0 bridgehead atoms. The fourth-order valence-corrected chi connectivity index (χ4v) is 0.746.